The van der Waals surface area contributed by atoms with Crippen LogP contribution in [0.1, 0.15) is 142 Å². The lowest BCUT2D eigenvalue weighted by Crippen LogP contribution is -2.30. The van der Waals surface area contributed by atoms with Gasteiger partial charge in [0.2, 0.25) is 0 Å². The van der Waals surface area contributed by atoms with Gasteiger partial charge in [0.1, 0.15) is 12.7 Å². The van der Waals surface area contributed by atoms with Gasteiger partial charge in [-0.3, -0.25) is 23.2 Å². The fourth-order valence-corrected chi connectivity index (χ4v) is 6.87. The normalized spacial score (nSPS) is 18.0. The van der Waals surface area contributed by atoms with Crippen LogP contribution in [0.25, 0.3) is 0 Å². The first-order valence-electron chi connectivity index (χ1n) is 22.4. The molecular weight excluding hydrogens is 838 g/mol. The van der Waals surface area contributed by atoms with Gasteiger partial charge in [-0.05, 0) is 83.5 Å². The van der Waals surface area contributed by atoms with Crippen LogP contribution < -0.4 is 0 Å². The topological polar surface area (TPSA) is 208 Å². The van der Waals surface area contributed by atoms with Crippen LogP contribution in [0.15, 0.2) is 85.1 Å². The van der Waals surface area contributed by atoms with E-state index in [1.165, 1.54) is 19.3 Å². The lowest BCUT2D eigenvalue weighted by atomic mass is 10.1. The molecule has 1 aliphatic heterocycles. The van der Waals surface area contributed by atoms with E-state index in [2.05, 4.69) is 95.8 Å². The molecule has 1 fully saturated rings. The summed E-state index contributed by atoms with van der Waals surface area (Å²) in [5, 5.41) is 9.75. The predicted octanol–water partition coefficient (Wildman–Crippen LogP) is 10.5. The van der Waals surface area contributed by atoms with E-state index in [0.717, 1.165) is 77.0 Å². The van der Waals surface area contributed by atoms with Crippen molar-refractivity contribution in [1.82, 2.24) is 0 Å². The first-order valence-corrected chi connectivity index (χ1v) is 25.4. The second kappa shape index (κ2) is 37.6. The molecule has 4 N–H and O–H groups in total. The molecule has 1 saturated heterocycles. The van der Waals surface area contributed by atoms with Crippen LogP contribution >= 0.6 is 15.6 Å². The Kier molecular flexibility index (Phi) is 34.8. The number of aliphatic hydroxyl groups is 1. The number of carbonyl (C=O) groups excluding carboxylic acids is 2. The summed E-state index contributed by atoms with van der Waals surface area (Å²) in [4.78, 5) is 52.7. The summed E-state index contributed by atoms with van der Waals surface area (Å²) in [6.45, 7) is 1.51. The summed E-state index contributed by atoms with van der Waals surface area (Å²) in [5.74, 6) is -1.14. The van der Waals surface area contributed by atoms with Crippen LogP contribution in [0.3, 0.4) is 0 Å². The molecule has 3 unspecified atom stereocenters. The quantitative estimate of drug-likeness (QED) is 0.0148. The molecule has 14 nitrogen and oxygen atoms in total. The zero-order valence-electron chi connectivity index (χ0n) is 37.1. The summed E-state index contributed by atoms with van der Waals surface area (Å²) < 4.78 is 53.5. The maximum atomic E-state index is 12.7. The van der Waals surface area contributed by atoms with Gasteiger partial charge in [0.05, 0.1) is 32.0 Å². The van der Waals surface area contributed by atoms with E-state index in [1.807, 2.05) is 12.2 Å². The zero-order chi connectivity index (χ0) is 45.6. The maximum Gasteiger partial charge on any atom is 0.472 e. The van der Waals surface area contributed by atoms with E-state index in [9.17, 15) is 28.7 Å². The summed E-state index contributed by atoms with van der Waals surface area (Å²) >= 11 is 0. The van der Waals surface area contributed by atoms with Crippen molar-refractivity contribution in [2.24, 2.45) is 0 Å². The van der Waals surface area contributed by atoms with Gasteiger partial charge in [0, 0.05) is 12.8 Å². The molecule has 0 saturated carbocycles. The van der Waals surface area contributed by atoms with Crippen LogP contribution in [0.5, 0.6) is 0 Å². The number of phosphoric acid groups is 2. The van der Waals surface area contributed by atoms with Gasteiger partial charge in [-0.15, -0.1) is 0 Å². The molecule has 0 bridgehead atoms. The van der Waals surface area contributed by atoms with E-state index >= 15 is 0 Å². The van der Waals surface area contributed by atoms with E-state index in [4.69, 9.17) is 28.5 Å². The largest absolute Gasteiger partial charge is 0.472 e. The molecule has 0 aromatic rings. The Morgan fingerprint density at radius 2 is 1.11 bits per heavy atom. The molecule has 0 aromatic carbocycles. The zero-order valence-corrected chi connectivity index (χ0v) is 38.9. The smallest absolute Gasteiger partial charge is 0.462 e. The Hall–Kier alpha value is -2.74. The number of phosphoric ester groups is 2. The third-order valence-corrected chi connectivity index (χ3v) is 10.6. The fourth-order valence-electron chi connectivity index (χ4n) is 5.72. The minimum atomic E-state index is -4.88. The summed E-state index contributed by atoms with van der Waals surface area (Å²) in [6.07, 6.45) is 44.7. The van der Waals surface area contributed by atoms with Crippen LogP contribution in [-0.4, -0.2) is 82.6 Å². The third kappa shape index (κ3) is 37.8. The van der Waals surface area contributed by atoms with Gasteiger partial charge in [0.25, 0.3) is 0 Å². The predicted molar refractivity (Wildman–Crippen MR) is 243 cm³/mol. The molecule has 5 atom stereocenters. The van der Waals surface area contributed by atoms with Crippen molar-refractivity contribution in [2.75, 3.05) is 26.4 Å². The van der Waals surface area contributed by atoms with Crippen molar-refractivity contribution in [3.05, 3.63) is 85.1 Å². The van der Waals surface area contributed by atoms with E-state index < -0.39 is 66.2 Å². The Morgan fingerprint density at radius 3 is 1.73 bits per heavy atom. The average molecular weight is 915 g/mol. The van der Waals surface area contributed by atoms with Crippen LogP contribution in [0.2, 0.25) is 0 Å². The highest BCUT2D eigenvalue weighted by Crippen LogP contribution is 2.44. The van der Waals surface area contributed by atoms with Crippen LogP contribution in [0, 0.1) is 0 Å². The number of esters is 2. The lowest BCUT2D eigenvalue weighted by Gasteiger charge is -2.20. The summed E-state index contributed by atoms with van der Waals surface area (Å²) in [7, 11) is -9.71. The third-order valence-electron chi connectivity index (χ3n) is 9.18. The van der Waals surface area contributed by atoms with Crippen molar-refractivity contribution < 1.29 is 66.3 Å². The first-order chi connectivity index (χ1) is 29.8. The second-order valence-corrected chi connectivity index (χ2v) is 17.7. The van der Waals surface area contributed by atoms with E-state index in [-0.39, 0.29) is 12.8 Å². The number of carbonyl (C=O) groups is 2. The minimum Gasteiger partial charge on any atom is -0.462 e. The monoisotopic (exact) mass is 914 g/mol. The van der Waals surface area contributed by atoms with Crippen LogP contribution in [-0.2, 0) is 46.5 Å². The molecular formula is C46H76O14P2. The highest BCUT2D eigenvalue weighted by Gasteiger charge is 2.36. The van der Waals surface area contributed by atoms with Gasteiger partial charge < -0.3 is 34.0 Å². The maximum absolute atomic E-state index is 12.7. The van der Waals surface area contributed by atoms with Gasteiger partial charge in [-0.2, -0.15) is 0 Å². The molecule has 0 amide bonds. The second-order valence-electron chi connectivity index (χ2n) is 15.0. The van der Waals surface area contributed by atoms with Gasteiger partial charge in [0.15, 0.2) is 6.10 Å². The summed E-state index contributed by atoms with van der Waals surface area (Å²) in [6, 6.07) is 0. The molecule has 0 spiro atoms. The molecule has 62 heavy (non-hydrogen) atoms. The molecule has 0 aliphatic carbocycles. The summed E-state index contributed by atoms with van der Waals surface area (Å²) in [5.41, 5.74) is 0. The molecule has 0 radical (unpaired) electrons. The highest BCUT2D eigenvalue weighted by molar-refractivity contribution is 7.47. The van der Waals surface area contributed by atoms with Crippen molar-refractivity contribution >= 4 is 27.6 Å². The Morgan fingerprint density at radius 1 is 0.581 bits per heavy atom. The van der Waals surface area contributed by atoms with E-state index in [1.54, 1.807) is 0 Å². The van der Waals surface area contributed by atoms with Crippen molar-refractivity contribution in [1.29, 1.82) is 0 Å². The highest BCUT2D eigenvalue weighted by atomic mass is 31.2. The molecule has 1 heterocycles. The van der Waals surface area contributed by atoms with Crippen molar-refractivity contribution in [3.8, 4) is 0 Å². The van der Waals surface area contributed by atoms with E-state index in [0.29, 0.717) is 31.5 Å². The van der Waals surface area contributed by atoms with Crippen LogP contribution in [0.4, 0.5) is 0 Å². The number of hydrogen-bond donors (Lipinski definition) is 4. The number of aliphatic hydroxyl groups excluding tert-OH is 1. The number of allylic oxidation sites excluding steroid dienone is 13. The average Bonchev–Trinajstić information content (AvgIpc) is 3.99. The molecule has 0 aromatic heterocycles. The molecule has 354 valence electrons. The first kappa shape index (κ1) is 57.3. The SMILES string of the molecule is CC/C=C\C/C=C\C/C=C\C/C=C\CCCCCCC(=O)O[C@H](COC(=O)CCC/C=C\C/C=C\C/C=C\CC1OC1CCCCC)COP(=O)(O)OC[C@@H](O)COP(=O)(O)O. The Labute approximate surface area is 371 Å². The number of hydrogen-bond acceptors (Lipinski definition) is 11. The lowest BCUT2D eigenvalue weighted by molar-refractivity contribution is -0.161. The standard InChI is InChI=1S/C46H76O14P2/c1-3-5-7-8-9-10-11-12-13-14-15-16-17-22-25-28-32-36-46(49)59-42(40-58-62(53,54)57-38-41(47)37-56-61(50,51)52)39-55-45(48)35-31-27-24-21-19-18-20-23-26-30-34-44-43(60-44)33-29-6-4-2/h5,7,9-10,12-13,15-16,18,20-21,24,26,30,41-44,47H,3-4,6,8,11,14,17,19,22-23,25,27-29,31-40H2,1-2H3,(H,53,54)(H2,50,51,52)/b7-5-,10-9-,13-12-,16-15-,20-18-,24-21-,30-26-/t41-,42+,43?,44?/m0/s1. The van der Waals surface area contributed by atoms with Crippen molar-refractivity contribution in [3.63, 3.8) is 0 Å². The molecule has 16 heteroatoms. The van der Waals surface area contributed by atoms with Crippen molar-refractivity contribution in [2.45, 2.75) is 167 Å². The number of unbranched alkanes of at least 4 members (excludes halogenated alkanes) is 7. The Balaban J connectivity index is 2.41. The number of rotatable bonds is 40. The van der Waals surface area contributed by atoms with Gasteiger partial charge in [-0.25, -0.2) is 9.13 Å². The Bertz CT molecular complexity index is 1480. The number of epoxide rings is 1. The fraction of sp³-hybridized carbons (Fsp3) is 0.652. The minimum absolute atomic E-state index is 0.0845. The molecule has 1 rings (SSSR count). The van der Waals surface area contributed by atoms with Gasteiger partial charge >= 0.3 is 27.6 Å². The van der Waals surface area contributed by atoms with Gasteiger partial charge in [-0.1, -0.05) is 131 Å². The number of ether oxygens (including phenoxy) is 3. The molecule has 1 aliphatic rings.